The Balaban J connectivity index is 3.13. The van der Waals surface area contributed by atoms with Crippen LogP contribution in [0.5, 0.6) is 5.75 Å². The molecule has 0 N–H and O–H groups in total. The molecule has 0 unspecified atom stereocenters. The lowest BCUT2D eigenvalue weighted by molar-refractivity contribution is 0.0599. The minimum absolute atomic E-state index is 0.155. The van der Waals surface area contributed by atoms with Crippen molar-refractivity contribution in [2.45, 2.75) is 13.8 Å². The zero-order valence-electron chi connectivity index (χ0n) is 8.96. The van der Waals surface area contributed by atoms with Gasteiger partial charge in [0, 0.05) is 0 Å². The topological polar surface area (TPSA) is 35.5 Å². The molecule has 0 heterocycles. The molecule has 0 aliphatic heterocycles. The van der Waals surface area contributed by atoms with Gasteiger partial charge in [-0.05, 0) is 31.5 Å². The minimum atomic E-state index is -0.553. The monoisotopic (exact) mass is 212 g/mol. The first kappa shape index (κ1) is 11.5. The van der Waals surface area contributed by atoms with E-state index in [1.807, 2.05) is 0 Å². The molecule has 0 aliphatic carbocycles. The number of halogens is 1. The molecule has 0 aliphatic rings. The quantitative estimate of drug-likeness (QED) is 0.721. The van der Waals surface area contributed by atoms with Crippen molar-refractivity contribution in [2.24, 2.45) is 0 Å². The summed E-state index contributed by atoms with van der Waals surface area (Å²) in [4.78, 5) is 11.2. The van der Waals surface area contributed by atoms with Gasteiger partial charge in [-0.25, -0.2) is 9.18 Å². The average molecular weight is 212 g/mol. The number of hydrogen-bond acceptors (Lipinski definition) is 3. The lowest BCUT2D eigenvalue weighted by Gasteiger charge is -2.08. The summed E-state index contributed by atoms with van der Waals surface area (Å²) in [5.41, 5.74) is 0.852. The molecule has 1 aromatic carbocycles. The number of carbonyl (C=O) groups excluding carboxylic acids is 1. The third-order valence-electron chi connectivity index (χ3n) is 1.98. The van der Waals surface area contributed by atoms with E-state index in [9.17, 15) is 9.18 Å². The van der Waals surface area contributed by atoms with Gasteiger partial charge < -0.3 is 9.47 Å². The van der Waals surface area contributed by atoms with Gasteiger partial charge in [0.15, 0.2) is 11.6 Å². The lowest BCUT2D eigenvalue weighted by atomic mass is 10.1. The highest BCUT2D eigenvalue weighted by Gasteiger charge is 2.14. The van der Waals surface area contributed by atoms with E-state index >= 15 is 0 Å². The number of carbonyl (C=O) groups is 1. The molecule has 82 valence electrons. The van der Waals surface area contributed by atoms with Crippen LogP contribution in [0.15, 0.2) is 12.1 Å². The van der Waals surface area contributed by atoms with Crippen molar-refractivity contribution in [1.29, 1.82) is 0 Å². The first-order valence-electron chi connectivity index (χ1n) is 4.61. The second kappa shape index (κ2) is 4.77. The number of methoxy groups -OCH3 is 1. The number of hydrogen-bond donors (Lipinski definition) is 0. The van der Waals surface area contributed by atoms with Crippen LogP contribution in [0.3, 0.4) is 0 Å². The van der Waals surface area contributed by atoms with Crippen molar-refractivity contribution >= 4 is 5.97 Å². The van der Waals surface area contributed by atoms with E-state index < -0.39 is 11.8 Å². The molecule has 0 saturated heterocycles. The summed E-state index contributed by atoms with van der Waals surface area (Å²) in [6, 6.07) is 2.62. The number of aryl methyl sites for hydroxylation is 1. The van der Waals surface area contributed by atoms with Gasteiger partial charge in [-0.2, -0.15) is 0 Å². The van der Waals surface area contributed by atoms with E-state index in [-0.39, 0.29) is 11.3 Å². The Labute approximate surface area is 87.8 Å². The van der Waals surface area contributed by atoms with Crippen LogP contribution >= 0.6 is 0 Å². The molecule has 0 bridgehead atoms. The van der Waals surface area contributed by atoms with Crippen molar-refractivity contribution in [3.05, 3.63) is 29.1 Å². The molecule has 1 aromatic rings. The summed E-state index contributed by atoms with van der Waals surface area (Å²) in [5, 5.41) is 0. The number of benzene rings is 1. The fourth-order valence-electron chi connectivity index (χ4n) is 1.25. The molecule has 0 aromatic heterocycles. The Morgan fingerprint density at radius 1 is 1.47 bits per heavy atom. The van der Waals surface area contributed by atoms with E-state index in [4.69, 9.17) is 4.74 Å². The number of ether oxygens (including phenoxy) is 2. The Hall–Kier alpha value is -1.58. The van der Waals surface area contributed by atoms with Crippen LogP contribution in [-0.2, 0) is 4.74 Å². The normalized spacial score (nSPS) is 9.87. The van der Waals surface area contributed by atoms with Gasteiger partial charge in [-0.3, -0.25) is 0 Å². The first-order valence-corrected chi connectivity index (χ1v) is 4.61. The van der Waals surface area contributed by atoms with E-state index in [0.29, 0.717) is 12.2 Å². The van der Waals surface area contributed by atoms with E-state index in [1.54, 1.807) is 13.8 Å². The number of rotatable bonds is 3. The fourth-order valence-corrected chi connectivity index (χ4v) is 1.25. The maximum absolute atomic E-state index is 13.4. The van der Waals surface area contributed by atoms with Gasteiger partial charge in [-0.15, -0.1) is 0 Å². The average Bonchev–Trinajstić information content (AvgIpc) is 2.22. The molecule has 0 atom stereocenters. The summed E-state index contributed by atoms with van der Waals surface area (Å²) in [6.07, 6.45) is 0. The second-order valence-electron chi connectivity index (χ2n) is 3.02. The van der Waals surface area contributed by atoms with Crippen LogP contribution in [-0.4, -0.2) is 19.7 Å². The highest BCUT2D eigenvalue weighted by molar-refractivity contribution is 5.91. The van der Waals surface area contributed by atoms with Crippen LogP contribution in [0.4, 0.5) is 4.39 Å². The van der Waals surface area contributed by atoms with E-state index in [1.165, 1.54) is 13.2 Å². The molecule has 1 rings (SSSR count). The van der Waals surface area contributed by atoms with Crippen LogP contribution < -0.4 is 4.74 Å². The third kappa shape index (κ3) is 2.46. The predicted octanol–water partition coefficient (Wildman–Crippen LogP) is 2.32. The van der Waals surface area contributed by atoms with Crippen LogP contribution in [0.2, 0.25) is 0 Å². The smallest absolute Gasteiger partial charge is 0.338 e. The lowest BCUT2D eigenvalue weighted by Crippen LogP contribution is -2.06. The zero-order chi connectivity index (χ0) is 11.4. The summed E-state index contributed by atoms with van der Waals surface area (Å²) in [6.45, 7) is 3.85. The molecule has 0 fully saturated rings. The fraction of sp³-hybridized carbons (Fsp3) is 0.364. The van der Waals surface area contributed by atoms with Gasteiger partial charge in [-0.1, -0.05) is 0 Å². The van der Waals surface area contributed by atoms with Crippen molar-refractivity contribution in [3.63, 3.8) is 0 Å². The largest absolute Gasteiger partial charge is 0.491 e. The van der Waals surface area contributed by atoms with Gasteiger partial charge in [0.2, 0.25) is 0 Å². The molecule has 4 heteroatoms. The second-order valence-corrected chi connectivity index (χ2v) is 3.02. The third-order valence-corrected chi connectivity index (χ3v) is 1.98. The molecular weight excluding hydrogens is 199 g/mol. The van der Waals surface area contributed by atoms with Gasteiger partial charge in [0.25, 0.3) is 0 Å². The van der Waals surface area contributed by atoms with Gasteiger partial charge in [0.1, 0.15) is 0 Å². The Kier molecular flexibility index (Phi) is 3.66. The first-order chi connectivity index (χ1) is 7.10. The summed E-state index contributed by atoms with van der Waals surface area (Å²) >= 11 is 0. The zero-order valence-corrected chi connectivity index (χ0v) is 8.96. The van der Waals surface area contributed by atoms with Crippen molar-refractivity contribution in [1.82, 2.24) is 0 Å². The molecule has 3 nitrogen and oxygen atoms in total. The summed E-state index contributed by atoms with van der Waals surface area (Å²) in [5.74, 6) is -0.944. The van der Waals surface area contributed by atoms with Crippen molar-refractivity contribution in [2.75, 3.05) is 13.7 Å². The summed E-state index contributed by atoms with van der Waals surface area (Å²) < 4.78 is 23.0. The van der Waals surface area contributed by atoms with E-state index in [2.05, 4.69) is 4.74 Å². The minimum Gasteiger partial charge on any atom is -0.491 e. The highest BCUT2D eigenvalue weighted by Crippen LogP contribution is 2.22. The van der Waals surface area contributed by atoms with Crippen LogP contribution in [0.25, 0.3) is 0 Å². The molecule has 0 spiro atoms. The van der Waals surface area contributed by atoms with Crippen molar-refractivity contribution in [3.8, 4) is 5.75 Å². The summed E-state index contributed by atoms with van der Waals surface area (Å²) in [7, 11) is 1.26. The molecule has 15 heavy (non-hydrogen) atoms. The van der Waals surface area contributed by atoms with Gasteiger partial charge >= 0.3 is 5.97 Å². The maximum atomic E-state index is 13.4. The van der Waals surface area contributed by atoms with Crippen molar-refractivity contribution < 1.29 is 18.7 Å². The standard InChI is InChI=1S/C11H13FO3/c1-4-15-10-5-7(2)8(6-9(10)12)11(13)14-3/h5-6H,4H2,1-3H3. The Morgan fingerprint density at radius 3 is 2.67 bits per heavy atom. The number of esters is 1. The SMILES string of the molecule is CCOc1cc(C)c(C(=O)OC)cc1F. The van der Waals surface area contributed by atoms with Gasteiger partial charge in [0.05, 0.1) is 19.3 Å². The Morgan fingerprint density at radius 2 is 2.13 bits per heavy atom. The predicted molar refractivity (Wildman–Crippen MR) is 53.6 cm³/mol. The Bertz CT molecular complexity index is 374. The van der Waals surface area contributed by atoms with E-state index in [0.717, 1.165) is 6.07 Å². The van der Waals surface area contributed by atoms with Crippen LogP contribution in [0, 0.1) is 12.7 Å². The van der Waals surface area contributed by atoms with Crippen LogP contribution in [0.1, 0.15) is 22.8 Å². The molecule has 0 amide bonds. The maximum Gasteiger partial charge on any atom is 0.338 e. The highest BCUT2D eigenvalue weighted by atomic mass is 19.1. The molecule has 0 radical (unpaired) electrons. The molecular formula is C11H13FO3. The molecule has 0 saturated carbocycles.